The molecule has 2 aromatic carbocycles. The third kappa shape index (κ3) is 4.38. The van der Waals surface area contributed by atoms with Gasteiger partial charge in [0.25, 0.3) is 0 Å². The highest BCUT2D eigenvalue weighted by molar-refractivity contribution is 7.90. The highest BCUT2D eigenvalue weighted by atomic mass is 32.2. The molecule has 8 heteroatoms. The van der Waals surface area contributed by atoms with Crippen LogP contribution >= 0.6 is 0 Å². The molecule has 3 rings (SSSR count). The number of sulfone groups is 1. The van der Waals surface area contributed by atoms with Gasteiger partial charge in [-0.3, -0.25) is 9.36 Å². The second-order valence-corrected chi connectivity index (χ2v) is 8.93. The molecule has 0 bridgehead atoms. The third-order valence-electron chi connectivity index (χ3n) is 4.78. The maximum Gasteiger partial charge on any atom is 0.310 e. The summed E-state index contributed by atoms with van der Waals surface area (Å²) in [6.45, 7) is 3.71. The van der Waals surface area contributed by atoms with Crippen molar-refractivity contribution in [1.82, 2.24) is 4.57 Å². The van der Waals surface area contributed by atoms with Gasteiger partial charge in [-0.15, -0.1) is 0 Å². The van der Waals surface area contributed by atoms with Gasteiger partial charge in [-0.25, -0.2) is 12.8 Å². The predicted molar refractivity (Wildman–Crippen MR) is 111 cm³/mol. The standard InChI is InChI=1S/C22H22FNO5S/c1-4-29-21(25)11-16-9-10-24(22(16)26)20-13-18(30(3,27)28)12-19(14(20)2)15-5-7-17(23)8-6-15/h5-10,12-13,26H,4,11H2,1-3H3. The van der Waals surface area contributed by atoms with Gasteiger partial charge in [-0.05, 0) is 60.9 Å². The largest absolute Gasteiger partial charge is 0.494 e. The number of hydrogen-bond acceptors (Lipinski definition) is 5. The number of benzene rings is 2. The van der Waals surface area contributed by atoms with Crippen LogP contribution < -0.4 is 0 Å². The van der Waals surface area contributed by atoms with Gasteiger partial charge in [0.05, 0.1) is 23.6 Å². The van der Waals surface area contributed by atoms with Crippen LogP contribution in [0.15, 0.2) is 53.6 Å². The van der Waals surface area contributed by atoms with Gasteiger partial charge in [0.1, 0.15) is 5.82 Å². The minimum absolute atomic E-state index is 0.0578. The van der Waals surface area contributed by atoms with Crippen molar-refractivity contribution in [1.29, 1.82) is 0 Å². The van der Waals surface area contributed by atoms with Crippen LogP contribution in [0.1, 0.15) is 18.1 Å². The molecular formula is C22H22FNO5S. The normalized spacial score (nSPS) is 11.5. The molecule has 3 aromatic rings. The zero-order valence-corrected chi connectivity index (χ0v) is 17.7. The van der Waals surface area contributed by atoms with Crippen molar-refractivity contribution in [2.24, 2.45) is 0 Å². The first-order valence-electron chi connectivity index (χ1n) is 9.27. The van der Waals surface area contributed by atoms with E-state index in [1.165, 1.54) is 28.8 Å². The smallest absolute Gasteiger partial charge is 0.310 e. The number of halogens is 1. The minimum Gasteiger partial charge on any atom is -0.494 e. The van der Waals surface area contributed by atoms with E-state index in [1.807, 2.05) is 0 Å². The molecule has 0 radical (unpaired) electrons. The van der Waals surface area contributed by atoms with Crippen LogP contribution in [-0.4, -0.2) is 36.9 Å². The van der Waals surface area contributed by atoms with E-state index in [1.54, 1.807) is 38.2 Å². The van der Waals surface area contributed by atoms with E-state index in [-0.39, 0.29) is 23.8 Å². The zero-order valence-electron chi connectivity index (χ0n) is 16.8. The fraction of sp³-hybridized carbons (Fsp3) is 0.227. The number of carbonyl (C=O) groups is 1. The van der Waals surface area contributed by atoms with E-state index in [0.717, 1.165) is 6.26 Å². The number of esters is 1. The molecule has 0 unspecified atom stereocenters. The van der Waals surface area contributed by atoms with E-state index < -0.39 is 21.6 Å². The van der Waals surface area contributed by atoms with Gasteiger partial charge in [0, 0.05) is 18.0 Å². The fourth-order valence-corrected chi connectivity index (χ4v) is 3.89. The lowest BCUT2D eigenvalue weighted by Gasteiger charge is -2.16. The molecule has 0 saturated carbocycles. The summed E-state index contributed by atoms with van der Waals surface area (Å²) in [5.74, 6) is -1.05. The second-order valence-electron chi connectivity index (χ2n) is 6.91. The van der Waals surface area contributed by atoms with Crippen LogP contribution in [0.5, 0.6) is 5.88 Å². The fourth-order valence-electron chi connectivity index (χ4n) is 3.23. The third-order valence-corrected chi connectivity index (χ3v) is 5.87. The molecule has 1 N–H and O–H groups in total. The Labute approximate surface area is 174 Å². The first-order chi connectivity index (χ1) is 14.1. The van der Waals surface area contributed by atoms with E-state index in [9.17, 15) is 22.7 Å². The maximum absolute atomic E-state index is 13.4. The maximum atomic E-state index is 13.4. The Bertz CT molecular complexity index is 1200. The number of carbonyl (C=O) groups excluding carboxylic acids is 1. The first-order valence-corrected chi connectivity index (χ1v) is 11.2. The summed E-state index contributed by atoms with van der Waals surface area (Å²) in [7, 11) is -3.56. The lowest BCUT2D eigenvalue weighted by Crippen LogP contribution is -2.07. The molecule has 0 aliphatic rings. The summed E-state index contributed by atoms with van der Waals surface area (Å²) in [4.78, 5) is 11.8. The Hall–Kier alpha value is -3.13. The van der Waals surface area contributed by atoms with Crippen LogP contribution in [0.2, 0.25) is 0 Å². The lowest BCUT2D eigenvalue weighted by atomic mass is 9.99. The van der Waals surface area contributed by atoms with Crippen LogP contribution in [0.4, 0.5) is 4.39 Å². The Morgan fingerprint density at radius 1 is 1.17 bits per heavy atom. The van der Waals surface area contributed by atoms with Crippen LogP contribution in [0, 0.1) is 12.7 Å². The topological polar surface area (TPSA) is 85.6 Å². The minimum atomic E-state index is -3.56. The van der Waals surface area contributed by atoms with Gasteiger partial charge in [-0.2, -0.15) is 0 Å². The zero-order chi connectivity index (χ0) is 22.1. The van der Waals surface area contributed by atoms with Crippen molar-refractivity contribution in [2.45, 2.75) is 25.2 Å². The summed E-state index contributed by atoms with van der Waals surface area (Å²) in [5.41, 5.74) is 2.71. The number of aromatic hydroxyl groups is 1. The average Bonchev–Trinajstić information content (AvgIpc) is 3.02. The molecule has 0 aliphatic carbocycles. The SMILES string of the molecule is CCOC(=O)Cc1ccn(-c2cc(S(C)(=O)=O)cc(-c3ccc(F)cc3)c2C)c1O. The molecule has 30 heavy (non-hydrogen) atoms. The van der Waals surface area contributed by atoms with Crippen molar-refractivity contribution in [2.75, 3.05) is 12.9 Å². The van der Waals surface area contributed by atoms with Gasteiger partial charge in [0.2, 0.25) is 0 Å². The quantitative estimate of drug-likeness (QED) is 0.600. The van der Waals surface area contributed by atoms with E-state index >= 15 is 0 Å². The molecule has 0 fully saturated rings. The van der Waals surface area contributed by atoms with E-state index in [0.29, 0.717) is 27.9 Å². The highest BCUT2D eigenvalue weighted by Crippen LogP contribution is 2.34. The number of nitrogens with zero attached hydrogens (tertiary/aromatic N) is 1. The Balaban J connectivity index is 2.18. The molecule has 1 aromatic heterocycles. The Kier molecular flexibility index (Phi) is 5.98. The average molecular weight is 431 g/mol. The van der Waals surface area contributed by atoms with Crippen LogP contribution in [0.25, 0.3) is 16.8 Å². The molecule has 6 nitrogen and oxygen atoms in total. The van der Waals surface area contributed by atoms with E-state index in [2.05, 4.69) is 0 Å². The van der Waals surface area contributed by atoms with Gasteiger partial charge < -0.3 is 9.84 Å². The van der Waals surface area contributed by atoms with Crippen molar-refractivity contribution >= 4 is 15.8 Å². The first kappa shape index (κ1) is 21.6. The van der Waals surface area contributed by atoms with Crippen molar-refractivity contribution in [3.05, 3.63) is 65.6 Å². The summed E-state index contributed by atoms with van der Waals surface area (Å²) < 4.78 is 44.3. The van der Waals surface area contributed by atoms with Gasteiger partial charge >= 0.3 is 5.97 Å². The summed E-state index contributed by atoms with van der Waals surface area (Å²) in [5, 5.41) is 10.7. The monoisotopic (exact) mass is 431 g/mol. The number of rotatable bonds is 6. The lowest BCUT2D eigenvalue weighted by molar-refractivity contribution is -0.142. The van der Waals surface area contributed by atoms with Crippen molar-refractivity contribution in [3.8, 4) is 22.7 Å². The molecule has 1 heterocycles. The molecule has 0 saturated heterocycles. The molecule has 0 atom stereocenters. The number of ether oxygens (including phenoxy) is 1. The second kappa shape index (κ2) is 8.31. The molecule has 0 spiro atoms. The van der Waals surface area contributed by atoms with Gasteiger partial charge in [-0.1, -0.05) is 12.1 Å². The Morgan fingerprint density at radius 3 is 2.43 bits per heavy atom. The van der Waals surface area contributed by atoms with Crippen LogP contribution in [-0.2, 0) is 25.8 Å². The van der Waals surface area contributed by atoms with Crippen molar-refractivity contribution < 1.29 is 27.4 Å². The summed E-state index contributed by atoms with van der Waals surface area (Å²) in [6, 6.07) is 10.3. The van der Waals surface area contributed by atoms with Gasteiger partial charge in [0.15, 0.2) is 15.7 Å². The molecular weight excluding hydrogens is 409 g/mol. The Morgan fingerprint density at radius 2 is 1.83 bits per heavy atom. The summed E-state index contributed by atoms with van der Waals surface area (Å²) >= 11 is 0. The van der Waals surface area contributed by atoms with E-state index in [4.69, 9.17) is 4.74 Å². The van der Waals surface area contributed by atoms with Crippen LogP contribution in [0.3, 0.4) is 0 Å². The molecule has 0 amide bonds. The number of aromatic nitrogens is 1. The predicted octanol–water partition coefficient (Wildman–Crippen LogP) is 3.81. The number of hydrogen-bond donors (Lipinski definition) is 1. The summed E-state index contributed by atoms with van der Waals surface area (Å²) in [6.07, 6.45) is 2.55. The van der Waals surface area contributed by atoms with Crippen molar-refractivity contribution in [3.63, 3.8) is 0 Å². The molecule has 0 aliphatic heterocycles. The highest BCUT2D eigenvalue weighted by Gasteiger charge is 2.20. The molecule has 158 valence electrons.